The Kier molecular flexibility index (Phi) is 4.12. The quantitative estimate of drug-likeness (QED) is 0.885. The summed E-state index contributed by atoms with van der Waals surface area (Å²) >= 11 is 0. The van der Waals surface area contributed by atoms with Gasteiger partial charge in [-0.15, -0.1) is 0 Å². The number of amides is 1. The molecule has 1 aromatic carbocycles. The SMILES string of the molecule is CCc1cc(-n2ccc(C(=O)O)c2)cc(CC)c1C(N)=O. The minimum Gasteiger partial charge on any atom is -0.478 e. The molecule has 0 atom stereocenters. The lowest BCUT2D eigenvalue weighted by Gasteiger charge is -2.14. The van der Waals surface area contributed by atoms with Crippen LogP contribution in [0.3, 0.4) is 0 Å². The molecule has 0 radical (unpaired) electrons. The third-order valence-electron chi connectivity index (χ3n) is 3.53. The lowest BCUT2D eigenvalue weighted by Crippen LogP contribution is -2.17. The maximum absolute atomic E-state index is 11.6. The molecule has 0 fully saturated rings. The first-order chi connectivity index (χ1) is 9.97. The van der Waals surface area contributed by atoms with E-state index in [0.717, 1.165) is 16.8 Å². The molecular weight excluding hydrogens is 268 g/mol. The average molecular weight is 286 g/mol. The number of carbonyl (C=O) groups excluding carboxylic acids is 1. The van der Waals surface area contributed by atoms with Gasteiger partial charge in [-0.1, -0.05) is 13.8 Å². The molecule has 0 aliphatic rings. The van der Waals surface area contributed by atoms with Gasteiger partial charge in [0.05, 0.1) is 5.56 Å². The topological polar surface area (TPSA) is 85.3 Å². The number of carbonyl (C=O) groups is 2. The summed E-state index contributed by atoms with van der Waals surface area (Å²) in [6.45, 7) is 3.92. The molecular formula is C16H18N2O3. The van der Waals surface area contributed by atoms with E-state index in [1.165, 1.54) is 0 Å². The van der Waals surface area contributed by atoms with Crippen LogP contribution in [0, 0.1) is 0 Å². The largest absolute Gasteiger partial charge is 0.478 e. The van der Waals surface area contributed by atoms with E-state index >= 15 is 0 Å². The molecule has 0 spiro atoms. The Labute approximate surface area is 123 Å². The fourth-order valence-electron chi connectivity index (χ4n) is 2.46. The summed E-state index contributed by atoms with van der Waals surface area (Å²) in [6, 6.07) is 5.30. The summed E-state index contributed by atoms with van der Waals surface area (Å²) in [5.74, 6) is -1.39. The van der Waals surface area contributed by atoms with Gasteiger partial charge in [-0.05, 0) is 42.2 Å². The van der Waals surface area contributed by atoms with E-state index in [9.17, 15) is 9.59 Å². The number of nitrogens with zero attached hydrogens (tertiary/aromatic N) is 1. The third kappa shape index (κ3) is 2.81. The summed E-state index contributed by atoms with van der Waals surface area (Å²) in [6.07, 6.45) is 4.63. The minimum atomic E-state index is -0.964. The van der Waals surface area contributed by atoms with Crippen LogP contribution in [0.5, 0.6) is 0 Å². The van der Waals surface area contributed by atoms with Crippen LogP contribution < -0.4 is 5.73 Å². The molecule has 5 nitrogen and oxygen atoms in total. The number of primary amides is 1. The number of nitrogens with two attached hydrogens (primary N) is 1. The zero-order valence-electron chi connectivity index (χ0n) is 12.1. The number of aromatic carboxylic acids is 1. The van der Waals surface area contributed by atoms with E-state index in [2.05, 4.69) is 0 Å². The summed E-state index contributed by atoms with van der Waals surface area (Å²) in [5.41, 5.74) is 8.87. The lowest BCUT2D eigenvalue weighted by molar-refractivity contribution is 0.0696. The van der Waals surface area contributed by atoms with Crippen molar-refractivity contribution in [1.29, 1.82) is 0 Å². The van der Waals surface area contributed by atoms with Crippen molar-refractivity contribution in [2.75, 3.05) is 0 Å². The highest BCUT2D eigenvalue weighted by atomic mass is 16.4. The number of benzene rings is 1. The molecule has 1 heterocycles. The molecule has 21 heavy (non-hydrogen) atoms. The smallest absolute Gasteiger partial charge is 0.337 e. The molecule has 110 valence electrons. The van der Waals surface area contributed by atoms with Crippen LogP contribution in [-0.2, 0) is 12.8 Å². The number of hydrogen-bond acceptors (Lipinski definition) is 2. The van der Waals surface area contributed by atoms with Crippen LogP contribution in [-0.4, -0.2) is 21.6 Å². The highest BCUT2D eigenvalue weighted by Gasteiger charge is 2.15. The molecule has 0 aliphatic heterocycles. The zero-order chi connectivity index (χ0) is 15.6. The molecule has 5 heteroatoms. The Balaban J connectivity index is 2.59. The van der Waals surface area contributed by atoms with Gasteiger partial charge in [0.15, 0.2) is 0 Å². The number of rotatable bonds is 5. The summed E-state index contributed by atoms with van der Waals surface area (Å²) in [5, 5.41) is 8.99. The molecule has 0 saturated heterocycles. The predicted molar refractivity (Wildman–Crippen MR) is 80.0 cm³/mol. The molecule has 1 aromatic heterocycles. The second kappa shape index (κ2) is 5.83. The van der Waals surface area contributed by atoms with Crippen molar-refractivity contribution in [3.63, 3.8) is 0 Å². The van der Waals surface area contributed by atoms with Crippen molar-refractivity contribution >= 4 is 11.9 Å². The van der Waals surface area contributed by atoms with Gasteiger partial charge >= 0.3 is 5.97 Å². The first-order valence-corrected chi connectivity index (χ1v) is 6.85. The van der Waals surface area contributed by atoms with Gasteiger partial charge in [0.25, 0.3) is 0 Å². The Bertz CT molecular complexity index is 676. The zero-order valence-corrected chi connectivity index (χ0v) is 12.1. The predicted octanol–water partition coefficient (Wildman–Crippen LogP) is 2.40. The van der Waals surface area contributed by atoms with Crippen molar-refractivity contribution < 1.29 is 14.7 Å². The fourth-order valence-corrected chi connectivity index (χ4v) is 2.46. The number of hydrogen-bond donors (Lipinski definition) is 2. The first kappa shape index (κ1) is 14.8. The summed E-state index contributed by atoms with van der Waals surface area (Å²) in [4.78, 5) is 22.6. The maximum Gasteiger partial charge on any atom is 0.337 e. The molecule has 1 amide bonds. The Morgan fingerprint density at radius 2 is 1.76 bits per heavy atom. The summed E-state index contributed by atoms with van der Waals surface area (Å²) < 4.78 is 1.74. The Hall–Kier alpha value is -2.56. The summed E-state index contributed by atoms with van der Waals surface area (Å²) in [7, 11) is 0. The second-order valence-electron chi connectivity index (χ2n) is 4.82. The molecule has 3 N–H and O–H groups in total. The van der Waals surface area contributed by atoms with Crippen LogP contribution in [0.2, 0.25) is 0 Å². The van der Waals surface area contributed by atoms with E-state index in [0.29, 0.717) is 18.4 Å². The third-order valence-corrected chi connectivity index (χ3v) is 3.53. The number of carboxylic acid groups (broad SMARTS) is 1. The molecule has 0 unspecified atom stereocenters. The van der Waals surface area contributed by atoms with E-state index in [1.807, 2.05) is 26.0 Å². The Morgan fingerprint density at radius 1 is 1.19 bits per heavy atom. The molecule has 0 saturated carbocycles. The molecule has 0 bridgehead atoms. The van der Waals surface area contributed by atoms with Crippen LogP contribution in [0.25, 0.3) is 5.69 Å². The van der Waals surface area contributed by atoms with Crippen molar-refractivity contribution in [3.8, 4) is 5.69 Å². The maximum atomic E-state index is 11.6. The van der Waals surface area contributed by atoms with Gasteiger partial charge in [0.1, 0.15) is 0 Å². The number of aryl methyl sites for hydroxylation is 2. The van der Waals surface area contributed by atoms with Gasteiger partial charge in [0.2, 0.25) is 5.91 Å². The van der Waals surface area contributed by atoms with E-state index < -0.39 is 11.9 Å². The van der Waals surface area contributed by atoms with Crippen molar-refractivity contribution in [3.05, 3.63) is 52.8 Å². The van der Waals surface area contributed by atoms with Crippen molar-refractivity contribution in [1.82, 2.24) is 4.57 Å². The van der Waals surface area contributed by atoms with E-state index in [1.54, 1.807) is 23.0 Å². The highest BCUT2D eigenvalue weighted by Crippen LogP contribution is 2.22. The van der Waals surface area contributed by atoms with Crippen molar-refractivity contribution in [2.45, 2.75) is 26.7 Å². The minimum absolute atomic E-state index is 0.227. The highest BCUT2D eigenvalue weighted by molar-refractivity contribution is 5.96. The van der Waals surface area contributed by atoms with Crippen LogP contribution in [0.4, 0.5) is 0 Å². The van der Waals surface area contributed by atoms with Gasteiger partial charge in [-0.25, -0.2) is 4.79 Å². The number of carboxylic acids is 1. The van der Waals surface area contributed by atoms with Gasteiger partial charge in [0, 0.05) is 23.6 Å². The van der Waals surface area contributed by atoms with E-state index in [4.69, 9.17) is 10.8 Å². The molecule has 0 aliphatic carbocycles. The lowest BCUT2D eigenvalue weighted by atomic mass is 9.96. The molecule has 2 rings (SSSR count). The average Bonchev–Trinajstić information content (AvgIpc) is 2.95. The van der Waals surface area contributed by atoms with Crippen LogP contribution in [0.1, 0.15) is 45.7 Å². The van der Waals surface area contributed by atoms with Gasteiger partial charge in [-0.2, -0.15) is 0 Å². The monoisotopic (exact) mass is 286 g/mol. The Morgan fingerprint density at radius 3 is 2.14 bits per heavy atom. The number of aromatic nitrogens is 1. The van der Waals surface area contributed by atoms with Gasteiger partial charge in [-0.3, -0.25) is 4.79 Å². The normalized spacial score (nSPS) is 10.6. The first-order valence-electron chi connectivity index (χ1n) is 6.85. The van der Waals surface area contributed by atoms with Crippen molar-refractivity contribution in [2.24, 2.45) is 5.73 Å². The van der Waals surface area contributed by atoms with Crippen LogP contribution >= 0.6 is 0 Å². The molecule has 2 aromatic rings. The fraction of sp³-hybridized carbons (Fsp3) is 0.250. The van der Waals surface area contributed by atoms with Crippen LogP contribution in [0.15, 0.2) is 30.6 Å². The standard InChI is InChI=1S/C16H18N2O3/c1-3-10-7-13(8-11(4-2)14(10)15(17)19)18-6-5-12(9-18)16(20)21/h5-9H,3-4H2,1-2H3,(H2,17,19)(H,20,21). The van der Waals surface area contributed by atoms with E-state index in [-0.39, 0.29) is 5.56 Å². The second-order valence-corrected chi connectivity index (χ2v) is 4.82. The van der Waals surface area contributed by atoms with Gasteiger partial charge < -0.3 is 15.4 Å².